The van der Waals surface area contributed by atoms with Crippen LogP contribution in [0.25, 0.3) is 10.6 Å². The van der Waals surface area contributed by atoms with Crippen LogP contribution in [0.15, 0.2) is 70.6 Å². The Hall–Kier alpha value is -3.18. The average Bonchev–Trinajstić information content (AvgIpc) is 2.85. The van der Waals surface area contributed by atoms with Gasteiger partial charge in [-0.2, -0.15) is 0 Å². The predicted molar refractivity (Wildman–Crippen MR) is 170 cm³/mol. The van der Waals surface area contributed by atoms with Crippen LogP contribution in [0, 0.1) is 23.7 Å². The molecule has 44 heavy (non-hydrogen) atoms. The topological polar surface area (TPSA) is 133 Å². The summed E-state index contributed by atoms with van der Waals surface area (Å²) in [7, 11) is 0. The Bertz CT molecular complexity index is 1120. The van der Waals surface area contributed by atoms with Gasteiger partial charge in [0.2, 0.25) is 0 Å². The third-order valence-electron chi connectivity index (χ3n) is 3.71. The molecule has 0 heterocycles. The van der Waals surface area contributed by atoms with Crippen molar-refractivity contribution >= 4 is 23.6 Å². The number of aliphatic imine (C=N–C) groups is 2. The molecule has 0 amide bonds. The number of rotatable bonds is 4. The van der Waals surface area contributed by atoms with Crippen molar-refractivity contribution in [3.05, 3.63) is 82.4 Å². The monoisotopic (exact) mass is 940 g/mol. The van der Waals surface area contributed by atoms with E-state index in [0.29, 0.717) is 11.7 Å². The summed E-state index contributed by atoms with van der Waals surface area (Å²) in [5.41, 5.74) is 1.98. The van der Waals surface area contributed by atoms with Crippen LogP contribution in [-0.4, -0.2) is 47.8 Å². The first-order valence-electron chi connectivity index (χ1n) is 13.7. The second-order valence-electron chi connectivity index (χ2n) is 9.75. The van der Waals surface area contributed by atoms with Gasteiger partial charge in [-0.05, 0) is 74.0 Å². The van der Waals surface area contributed by atoms with Gasteiger partial charge in [-0.1, -0.05) is 115 Å². The van der Waals surface area contributed by atoms with Crippen molar-refractivity contribution in [1.82, 2.24) is 0 Å². The van der Waals surface area contributed by atoms with Gasteiger partial charge in [0, 0.05) is 23.1 Å². The molecule has 0 saturated carbocycles. The maximum Gasteiger partial charge on any atom is 2.00 e. The Morgan fingerprint density at radius 1 is 0.591 bits per heavy atom. The van der Waals surface area contributed by atoms with E-state index in [-0.39, 0.29) is 66.3 Å². The summed E-state index contributed by atoms with van der Waals surface area (Å²) in [5, 5.41) is 26.6. The molecule has 0 radical (unpaired) electrons. The van der Waals surface area contributed by atoms with Crippen LogP contribution in [-0.2, 0) is 51.7 Å². The third kappa shape index (κ3) is 36.8. The molecule has 2 aromatic rings. The van der Waals surface area contributed by atoms with Gasteiger partial charge < -0.3 is 40.4 Å². The van der Waals surface area contributed by atoms with Gasteiger partial charge in [-0.25, -0.2) is 0 Å². The van der Waals surface area contributed by atoms with E-state index in [1.165, 1.54) is 0 Å². The summed E-state index contributed by atoms with van der Waals surface area (Å²) in [6, 6.07) is 20.7. The molecule has 0 aliphatic rings. The van der Waals surface area contributed by atoms with E-state index in [9.17, 15) is 0 Å². The maximum atomic E-state index is 8.89. The summed E-state index contributed by atoms with van der Waals surface area (Å²) in [4.78, 5) is 26.6. The van der Waals surface area contributed by atoms with E-state index in [4.69, 9.17) is 19.8 Å². The first-order valence-corrected chi connectivity index (χ1v) is 13.7. The van der Waals surface area contributed by atoms with Gasteiger partial charge in [-0.3, -0.25) is 0 Å². The zero-order valence-corrected chi connectivity index (χ0v) is 33.2. The average molecular weight is 940 g/mol. The second kappa shape index (κ2) is 29.9. The second-order valence-corrected chi connectivity index (χ2v) is 9.75. The zero-order valence-electron chi connectivity index (χ0n) is 27.3. The molecule has 0 bridgehead atoms. The Labute approximate surface area is 293 Å². The minimum atomic E-state index is -1.08. The van der Waals surface area contributed by atoms with Crippen LogP contribution in [0.3, 0.4) is 0 Å². The molecule has 0 atom stereocenters. The molecule has 0 saturated heterocycles. The predicted octanol–water partition coefficient (Wildman–Crippen LogP) is 4.76. The Balaban J connectivity index is -0.000000282. The minimum Gasteiger partial charge on any atom is -0.550 e. The molecule has 2 aromatic carbocycles. The van der Waals surface area contributed by atoms with Crippen LogP contribution in [0.2, 0.25) is 0 Å². The van der Waals surface area contributed by atoms with E-state index >= 15 is 0 Å². The molecule has 0 fully saturated rings. The van der Waals surface area contributed by atoms with Crippen molar-refractivity contribution in [3.8, 4) is 23.7 Å². The SMILES string of the molecule is CC(=O)[O-].CC(=O)[O-].CC(C)N=C(C#Cc1ccccc1)[N-]C(C)C.CC(C)N=C(C#Cc1ccccc1)[N-]C(C)C.[W+2].[W+2]. The van der Waals surface area contributed by atoms with Crippen molar-refractivity contribution in [2.45, 2.75) is 93.4 Å². The van der Waals surface area contributed by atoms with Crippen LogP contribution < -0.4 is 10.2 Å². The van der Waals surface area contributed by atoms with Crippen molar-refractivity contribution in [3.63, 3.8) is 0 Å². The molecule has 0 N–H and O–H groups in total. The van der Waals surface area contributed by atoms with Gasteiger partial charge in [-0.15, -0.1) is 0 Å². The van der Waals surface area contributed by atoms with E-state index in [1.807, 2.05) is 116 Å². The van der Waals surface area contributed by atoms with Crippen LogP contribution in [0.5, 0.6) is 0 Å². The summed E-state index contributed by atoms with van der Waals surface area (Å²) in [5.74, 6) is 11.3. The van der Waals surface area contributed by atoms with Crippen LogP contribution >= 0.6 is 0 Å². The van der Waals surface area contributed by atoms with E-state index in [2.05, 4.69) is 44.3 Å². The number of amidine groups is 2. The van der Waals surface area contributed by atoms with Crippen LogP contribution in [0.1, 0.15) is 80.4 Å². The standard InChI is InChI=1S/2C15H19N2.2C2H4O2.2W/c2*1-12(2)16-15(17-13(3)4)11-10-14-8-6-5-7-9-14;2*1-2(3)4;;/h2*5-9,12-13H,1-4H3;2*1H3,(H,3,4);;/q2*-1;;;2*+2/p-2. The molecular weight excluding hydrogens is 896 g/mol. The Morgan fingerprint density at radius 3 is 1.05 bits per heavy atom. The fraction of sp³-hybridized carbons (Fsp3) is 0.412. The van der Waals surface area contributed by atoms with E-state index < -0.39 is 11.9 Å². The minimum absolute atomic E-state index is 0. The number of carboxylic acids is 2. The maximum absolute atomic E-state index is 8.89. The summed E-state index contributed by atoms with van der Waals surface area (Å²) in [6.45, 7) is 18.2. The molecule has 0 spiro atoms. The number of aliphatic carboxylic acids is 2. The normalized spacial score (nSPS) is 9.86. The van der Waals surface area contributed by atoms with Crippen LogP contribution in [0.4, 0.5) is 0 Å². The number of carboxylic acid groups (broad SMARTS) is 2. The largest absolute Gasteiger partial charge is 2.00 e. The quantitative estimate of drug-likeness (QED) is 0.249. The van der Waals surface area contributed by atoms with Crippen molar-refractivity contribution < 1.29 is 61.9 Å². The number of carbonyl (C=O) groups is 2. The van der Waals surface area contributed by atoms with Gasteiger partial charge in [0.1, 0.15) is 0 Å². The summed E-state index contributed by atoms with van der Waals surface area (Å²) < 4.78 is 0. The molecule has 0 aliphatic heterocycles. The molecule has 236 valence electrons. The Morgan fingerprint density at radius 2 is 0.841 bits per heavy atom. The molecular formula is C34H44N4O4W2. The fourth-order valence-electron chi connectivity index (χ4n) is 2.47. The first-order chi connectivity index (χ1) is 19.6. The molecule has 10 heteroatoms. The summed E-state index contributed by atoms with van der Waals surface area (Å²) in [6.07, 6.45) is 0. The number of hydrogen-bond donors (Lipinski definition) is 0. The third-order valence-corrected chi connectivity index (χ3v) is 3.71. The van der Waals surface area contributed by atoms with Gasteiger partial charge >= 0.3 is 42.1 Å². The molecule has 0 unspecified atom stereocenters. The molecule has 2 rings (SSSR count). The molecule has 8 nitrogen and oxygen atoms in total. The number of hydrogen-bond acceptors (Lipinski definition) is 6. The fourth-order valence-corrected chi connectivity index (χ4v) is 2.47. The van der Waals surface area contributed by atoms with Crippen molar-refractivity contribution in [2.24, 2.45) is 9.98 Å². The molecule has 0 aliphatic carbocycles. The van der Waals surface area contributed by atoms with Crippen molar-refractivity contribution in [2.75, 3.05) is 0 Å². The van der Waals surface area contributed by atoms with Gasteiger partial charge in [0.25, 0.3) is 0 Å². The van der Waals surface area contributed by atoms with Gasteiger partial charge in [0.05, 0.1) is 0 Å². The van der Waals surface area contributed by atoms with E-state index in [0.717, 1.165) is 25.0 Å². The zero-order chi connectivity index (χ0) is 32.5. The molecule has 0 aromatic heterocycles. The smallest absolute Gasteiger partial charge is 0.550 e. The number of carbonyl (C=O) groups excluding carboxylic acids is 2. The number of benzene rings is 2. The first kappa shape index (κ1) is 47.7. The number of nitrogens with zero attached hydrogens (tertiary/aromatic N) is 4. The summed E-state index contributed by atoms with van der Waals surface area (Å²) >= 11 is 0. The van der Waals surface area contributed by atoms with Gasteiger partial charge in [0.15, 0.2) is 0 Å². The van der Waals surface area contributed by atoms with E-state index in [1.54, 1.807) is 0 Å². The Kier molecular flexibility index (Phi) is 32.4. The van der Waals surface area contributed by atoms with Crippen molar-refractivity contribution in [1.29, 1.82) is 0 Å².